The Kier molecular flexibility index (Phi) is 5.68. The minimum absolute atomic E-state index is 0.0611. The van der Waals surface area contributed by atoms with Gasteiger partial charge in [-0.2, -0.15) is 0 Å². The zero-order valence-electron chi connectivity index (χ0n) is 14.3. The van der Waals surface area contributed by atoms with Crippen molar-refractivity contribution in [1.82, 2.24) is 5.32 Å². The Bertz CT molecular complexity index is 914. The third-order valence-corrected chi connectivity index (χ3v) is 3.62. The molecule has 0 bridgehead atoms. The van der Waals surface area contributed by atoms with Crippen LogP contribution in [0.2, 0.25) is 0 Å². The first-order valence-electron chi connectivity index (χ1n) is 8.01. The van der Waals surface area contributed by atoms with E-state index in [0.717, 1.165) is 18.2 Å². The summed E-state index contributed by atoms with van der Waals surface area (Å²) >= 11 is 0. The summed E-state index contributed by atoms with van der Waals surface area (Å²) < 4.78 is 41.8. The van der Waals surface area contributed by atoms with E-state index in [4.69, 9.17) is 9.47 Å². The molecule has 10 heteroatoms. The van der Waals surface area contributed by atoms with Gasteiger partial charge in [-0.1, -0.05) is 6.07 Å². The van der Waals surface area contributed by atoms with Crippen molar-refractivity contribution in [3.63, 3.8) is 0 Å². The second-order valence-electron chi connectivity index (χ2n) is 5.56. The molecule has 0 unspecified atom stereocenters. The highest BCUT2D eigenvalue weighted by Gasteiger charge is 2.17. The quantitative estimate of drug-likeness (QED) is 0.724. The first-order valence-corrected chi connectivity index (χ1v) is 8.01. The normalized spacial score (nSPS) is 11.6. The molecule has 0 fully saturated rings. The van der Waals surface area contributed by atoms with Gasteiger partial charge in [0.25, 0.3) is 11.8 Å². The number of para-hydroxylation sites is 1. The number of amides is 2. The third-order valence-electron chi connectivity index (χ3n) is 3.62. The predicted octanol–water partition coefficient (Wildman–Crippen LogP) is 1.61. The zero-order chi connectivity index (χ0) is 20.1. The average Bonchev–Trinajstić information content (AvgIpc) is 3.15. The largest absolute Gasteiger partial charge is 0.454 e. The van der Waals surface area contributed by atoms with Crippen molar-refractivity contribution in [2.24, 2.45) is 0 Å². The minimum atomic E-state index is -0.962. The van der Waals surface area contributed by atoms with E-state index in [1.165, 1.54) is 12.1 Å². The molecule has 3 rings (SSSR count). The highest BCUT2D eigenvalue weighted by atomic mass is 19.1. The molecule has 2 amide bonds. The molecule has 1 aliphatic heterocycles. The molecule has 28 heavy (non-hydrogen) atoms. The van der Waals surface area contributed by atoms with Crippen LogP contribution in [0.5, 0.6) is 11.5 Å². The van der Waals surface area contributed by atoms with Crippen LogP contribution in [0.1, 0.15) is 10.4 Å². The topological polar surface area (TPSA) is 103 Å². The van der Waals surface area contributed by atoms with Gasteiger partial charge in [0, 0.05) is 5.56 Å². The molecule has 0 saturated heterocycles. The summed E-state index contributed by atoms with van der Waals surface area (Å²) in [6, 6.07) is 7.58. The Labute approximate surface area is 157 Å². The van der Waals surface area contributed by atoms with E-state index >= 15 is 0 Å². The van der Waals surface area contributed by atoms with Gasteiger partial charge in [-0.15, -0.1) is 0 Å². The van der Waals surface area contributed by atoms with Gasteiger partial charge in [-0.3, -0.25) is 14.4 Å². The summed E-state index contributed by atoms with van der Waals surface area (Å²) in [5.41, 5.74) is -0.399. The lowest BCUT2D eigenvalue weighted by Gasteiger charge is -2.09. The van der Waals surface area contributed by atoms with Gasteiger partial charge in [0.15, 0.2) is 18.1 Å². The molecule has 1 aliphatic rings. The van der Waals surface area contributed by atoms with Crippen LogP contribution in [0.25, 0.3) is 0 Å². The first kappa shape index (κ1) is 19.1. The van der Waals surface area contributed by atoms with Crippen molar-refractivity contribution in [2.75, 3.05) is 25.3 Å². The molecule has 0 radical (unpaired) electrons. The van der Waals surface area contributed by atoms with Gasteiger partial charge >= 0.3 is 5.97 Å². The van der Waals surface area contributed by atoms with E-state index in [1.54, 1.807) is 6.07 Å². The number of hydrogen-bond acceptors (Lipinski definition) is 6. The van der Waals surface area contributed by atoms with Crippen LogP contribution in [0.15, 0.2) is 36.4 Å². The van der Waals surface area contributed by atoms with E-state index in [0.29, 0.717) is 11.5 Å². The number of esters is 1. The summed E-state index contributed by atoms with van der Waals surface area (Å²) in [5.74, 6) is -3.40. The van der Waals surface area contributed by atoms with Gasteiger partial charge < -0.3 is 24.8 Å². The molecule has 0 aliphatic carbocycles. The van der Waals surface area contributed by atoms with Crippen molar-refractivity contribution in [3.8, 4) is 11.5 Å². The lowest BCUT2D eigenvalue weighted by atomic mass is 10.2. The van der Waals surface area contributed by atoms with Gasteiger partial charge in [0.1, 0.15) is 23.9 Å². The number of benzene rings is 2. The molecule has 0 atom stereocenters. The number of nitrogens with one attached hydrogen (secondary N) is 2. The standard InChI is InChI=1S/C18H14F2N2O6/c19-11-2-1-3-12(20)17(11)22-15(23)8-26-16(24)7-21-18(25)10-4-5-13-14(6-10)28-9-27-13/h1-6H,7-9H2,(H,21,25)(H,22,23). The maximum absolute atomic E-state index is 13.4. The number of rotatable bonds is 6. The number of carbonyl (C=O) groups excluding carboxylic acids is 3. The number of fused-ring (bicyclic) bond motifs is 1. The van der Waals surface area contributed by atoms with E-state index in [9.17, 15) is 23.2 Å². The fraction of sp³-hybridized carbons (Fsp3) is 0.167. The molecule has 1 heterocycles. The van der Waals surface area contributed by atoms with Crippen LogP contribution in [0, 0.1) is 11.6 Å². The van der Waals surface area contributed by atoms with E-state index in [-0.39, 0.29) is 12.4 Å². The Morgan fingerprint density at radius 1 is 1.04 bits per heavy atom. The molecule has 0 aromatic heterocycles. The fourth-order valence-corrected chi connectivity index (χ4v) is 2.28. The zero-order valence-corrected chi connectivity index (χ0v) is 14.3. The SMILES string of the molecule is O=C(COC(=O)CNC(=O)c1ccc2c(c1)OCO2)Nc1c(F)cccc1F. The molecule has 0 saturated carbocycles. The summed E-state index contributed by atoms with van der Waals surface area (Å²) in [6.45, 7) is -1.22. The molecule has 8 nitrogen and oxygen atoms in total. The van der Waals surface area contributed by atoms with Crippen LogP contribution in [-0.2, 0) is 14.3 Å². The maximum Gasteiger partial charge on any atom is 0.325 e. The van der Waals surface area contributed by atoms with Crippen LogP contribution in [0.4, 0.5) is 14.5 Å². The van der Waals surface area contributed by atoms with Crippen molar-refractivity contribution in [2.45, 2.75) is 0 Å². The van der Waals surface area contributed by atoms with Crippen molar-refractivity contribution >= 4 is 23.5 Å². The monoisotopic (exact) mass is 392 g/mol. The van der Waals surface area contributed by atoms with Gasteiger partial charge in [-0.25, -0.2) is 8.78 Å². The highest BCUT2D eigenvalue weighted by molar-refractivity contribution is 5.97. The van der Waals surface area contributed by atoms with Crippen LogP contribution >= 0.6 is 0 Å². The Morgan fingerprint density at radius 2 is 1.75 bits per heavy atom. The van der Waals surface area contributed by atoms with Crippen molar-refractivity contribution in [1.29, 1.82) is 0 Å². The minimum Gasteiger partial charge on any atom is -0.454 e. The number of halogens is 2. The molecule has 0 spiro atoms. The molecule has 2 N–H and O–H groups in total. The summed E-state index contributed by atoms with van der Waals surface area (Å²) in [5, 5.41) is 4.29. The Balaban J connectivity index is 1.44. The van der Waals surface area contributed by atoms with Gasteiger partial charge in [-0.05, 0) is 30.3 Å². The van der Waals surface area contributed by atoms with Crippen LogP contribution < -0.4 is 20.1 Å². The fourth-order valence-electron chi connectivity index (χ4n) is 2.28. The second-order valence-corrected chi connectivity index (χ2v) is 5.56. The van der Waals surface area contributed by atoms with Crippen molar-refractivity contribution < 1.29 is 37.4 Å². The predicted molar refractivity (Wildman–Crippen MR) is 90.8 cm³/mol. The molecular weight excluding hydrogens is 378 g/mol. The number of ether oxygens (including phenoxy) is 3. The average molecular weight is 392 g/mol. The lowest BCUT2D eigenvalue weighted by Crippen LogP contribution is -2.32. The number of carbonyl (C=O) groups is 3. The molecule has 2 aromatic rings. The molecule has 2 aromatic carbocycles. The lowest BCUT2D eigenvalue weighted by molar-refractivity contribution is -0.146. The van der Waals surface area contributed by atoms with E-state index < -0.39 is 48.3 Å². The van der Waals surface area contributed by atoms with Crippen molar-refractivity contribution in [3.05, 3.63) is 53.6 Å². The first-order chi connectivity index (χ1) is 13.4. The molecule has 146 valence electrons. The summed E-state index contributed by atoms with van der Waals surface area (Å²) in [4.78, 5) is 35.3. The Hall–Kier alpha value is -3.69. The molecular formula is C18H14F2N2O6. The van der Waals surface area contributed by atoms with E-state index in [2.05, 4.69) is 10.1 Å². The van der Waals surface area contributed by atoms with Gasteiger partial charge in [0.2, 0.25) is 6.79 Å². The Morgan fingerprint density at radius 3 is 2.50 bits per heavy atom. The van der Waals surface area contributed by atoms with Gasteiger partial charge in [0.05, 0.1) is 0 Å². The summed E-state index contributed by atoms with van der Waals surface area (Å²) in [6.07, 6.45) is 0. The highest BCUT2D eigenvalue weighted by Crippen LogP contribution is 2.32. The van der Waals surface area contributed by atoms with Crippen LogP contribution in [-0.4, -0.2) is 37.7 Å². The third kappa shape index (κ3) is 4.53. The second kappa shape index (κ2) is 8.33. The van der Waals surface area contributed by atoms with E-state index in [1.807, 2.05) is 5.32 Å². The maximum atomic E-state index is 13.4. The number of hydrogen-bond donors (Lipinski definition) is 2. The summed E-state index contributed by atoms with van der Waals surface area (Å²) in [7, 11) is 0. The smallest absolute Gasteiger partial charge is 0.325 e. The number of anilines is 1. The van der Waals surface area contributed by atoms with Crippen LogP contribution in [0.3, 0.4) is 0 Å².